The van der Waals surface area contributed by atoms with Crippen molar-refractivity contribution >= 4 is 23.3 Å². The molecule has 0 aromatic heterocycles. The fourth-order valence-corrected chi connectivity index (χ4v) is 2.43. The number of nitrogens with one attached hydrogen (secondary N) is 2. The second-order valence-electron chi connectivity index (χ2n) is 4.44. The number of benzene rings is 1. The number of ether oxygens (including phenoxy) is 1. The van der Waals surface area contributed by atoms with Gasteiger partial charge in [0, 0.05) is 5.70 Å². The molecular formula is C14H14F2N2O2S. The molecule has 4 nitrogen and oxygen atoms in total. The van der Waals surface area contributed by atoms with Crippen molar-refractivity contribution in [1.82, 2.24) is 10.6 Å². The molecule has 1 aliphatic heterocycles. The lowest BCUT2D eigenvalue weighted by molar-refractivity contribution is -0.136. The Morgan fingerprint density at radius 2 is 2.10 bits per heavy atom. The number of carbonyl (C=O) groups excluding carboxylic acids is 1. The molecule has 2 rings (SSSR count). The average molecular weight is 312 g/mol. The highest BCUT2D eigenvalue weighted by molar-refractivity contribution is 7.80. The predicted molar refractivity (Wildman–Crippen MR) is 77.3 cm³/mol. The first-order valence-corrected chi connectivity index (χ1v) is 6.72. The third-order valence-corrected chi connectivity index (χ3v) is 3.41. The van der Waals surface area contributed by atoms with Crippen molar-refractivity contribution in [2.75, 3.05) is 7.11 Å². The Balaban J connectivity index is 2.54. The number of hydrogen-bond acceptors (Lipinski definition) is 3. The van der Waals surface area contributed by atoms with Gasteiger partial charge in [0.1, 0.15) is 0 Å². The van der Waals surface area contributed by atoms with E-state index in [4.69, 9.17) is 17.0 Å². The van der Waals surface area contributed by atoms with Gasteiger partial charge in [-0.1, -0.05) is 13.0 Å². The van der Waals surface area contributed by atoms with Crippen molar-refractivity contribution in [2.45, 2.75) is 19.4 Å². The van der Waals surface area contributed by atoms with Crippen LogP contribution in [0, 0.1) is 11.6 Å². The van der Waals surface area contributed by atoms with Gasteiger partial charge in [-0.05, 0) is 36.3 Å². The minimum absolute atomic E-state index is 0.305. The summed E-state index contributed by atoms with van der Waals surface area (Å²) in [6, 6.07) is 2.77. The van der Waals surface area contributed by atoms with Crippen molar-refractivity contribution in [3.8, 4) is 0 Å². The van der Waals surface area contributed by atoms with Crippen LogP contribution in [0.15, 0.2) is 29.5 Å². The summed E-state index contributed by atoms with van der Waals surface area (Å²) in [6.07, 6.45) is 0.520. The van der Waals surface area contributed by atoms with Gasteiger partial charge >= 0.3 is 5.97 Å². The van der Waals surface area contributed by atoms with Crippen LogP contribution >= 0.6 is 12.2 Å². The van der Waals surface area contributed by atoms with E-state index in [1.54, 1.807) is 0 Å². The van der Waals surface area contributed by atoms with Crippen LogP contribution in [0.2, 0.25) is 0 Å². The molecule has 0 unspecified atom stereocenters. The van der Waals surface area contributed by atoms with Crippen LogP contribution in [-0.4, -0.2) is 18.2 Å². The van der Waals surface area contributed by atoms with E-state index in [1.165, 1.54) is 13.2 Å². The monoisotopic (exact) mass is 312 g/mol. The standard InChI is InChI=1S/C14H14F2N2O2S/c1-3-10-11(13(19)20-2)12(18-14(21)17-10)7-4-5-8(15)9(16)6-7/h4-6,12H,3H2,1-2H3,(H2,17,18,21)/t12-/m1/s1. The Kier molecular flexibility index (Phi) is 4.52. The van der Waals surface area contributed by atoms with E-state index in [0.29, 0.717) is 28.4 Å². The summed E-state index contributed by atoms with van der Waals surface area (Å²) in [5.41, 5.74) is 1.30. The van der Waals surface area contributed by atoms with Gasteiger partial charge in [-0.25, -0.2) is 13.6 Å². The number of hydrogen-bond donors (Lipinski definition) is 2. The minimum Gasteiger partial charge on any atom is -0.466 e. The Morgan fingerprint density at radius 3 is 2.67 bits per heavy atom. The number of methoxy groups -OCH3 is 1. The van der Waals surface area contributed by atoms with Crippen LogP contribution in [-0.2, 0) is 9.53 Å². The molecule has 0 radical (unpaired) electrons. The molecule has 1 aromatic rings. The highest BCUT2D eigenvalue weighted by atomic mass is 32.1. The molecular weight excluding hydrogens is 298 g/mol. The van der Waals surface area contributed by atoms with E-state index >= 15 is 0 Å². The van der Waals surface area contributed by atoms with E-state index < -0.39 is 23.6 Å². The molecule has 1 aliphatic rings. The number of halogens is 2. The van der Waals surface area contributed by atoms with Gasteiger partial charge in [-0.3, -0.25) is 0 Å². The highest BCUT2D eigenvalue weighted by Gasteiger charge is 2.31. The Bertz CT molecular complexity index is 631. The third-order valence-electron chi connectivity index (χ3n) is 3.19. The molecule has 1 aromatic carbocycles. The van der Waals surface area contributed by atoms with Crippen LogP contribution in [0.5, 0.6) is 0 Å². The van der Waals surface area contributed by atoms with E-state index in [9.17, 15) is 13.6 Å². The molecule has 0 aliphatic carbocycles. The first kappa shape index (κ1) is 15.4. The molecule has 0 spiro atoms. The zero-order chi connectivity index (χ0) is 15.6. The highest BCUT2D eigenvalue weighted by Crippen LogP contribution is 2.29. The Labute approximate surface area is 126 Å². The van der Waals surface area contributed by atoms with Gasteiger partial charge < -0.3 is 15.4 Å². The van der Waals surface area contributed by atoms with E-state index in [1.807, 2.05) is 6.92 Å². The maximum Gasteiger partial charge on any atom is 0.337 e. The third kappa shape index (κ3) is 3.02. The van der Waals surface area contributed by atoms with Crippen LogP contribution in [0.3, 0.4) is 0 Å². The molecule has 0 saturated heterocycles. The van der Waals surface area contributed by atoms with E-state index in [2.05, 4.69) is 10.6 Å². The van der Waals surface area contributed by atoms with Crippen molar-refractivity contribution in [3.05, 3.63) is 46.7 Å². The largest absolute Gasteiger partial charge is 0.466 e. The van der Waals surface area contributed by atoms with Crippen LogP contribution in [0.4, 0.5) is 8.78 Å². The maximum absolute atomic E-state index is 13.4. The lowest BCUT2D eigenvalue weighted by atomic mass is 9.94. The Hall–Kier alpha value is -2.02. The van der Waals surface area contributed by atoms with Gasteiger partial charge in [0.2, 0.25) is 0 Å². The fourth-order valence-electron chi connectivity index (χ4n) is 2.19. The SMILES string of the molecule is CCC1=C(C(=O)OC)[C@@H](c2ccc(F)c(F)c2)NC(=S)N1. The molecule has 0 saturated carbocycles. The fraction of sp³-hybridized carbons (Fsp3) is 0.286. The van der Waals surface area contributed by atoms with Crippen LogP contribution in [0.1, 0.15) is 24.9 Å². The topological polar surface area (TPSA) is 50.4 Å². The van der Waals surface area contributed by atoms with E-state index in [0.717, 1.165) is 12.1 Å². The summed E-state index contributed by atoms with van der Waals surface area (Å²) in [7, 11) is 1.26. The van der Waals surface area contributed by atoms with Crippen LogP contribution in [0.25, 0.3) is 0 Å². The normalized spacial score (nSPS) is 18.1. The Morgan fingerprint density at radius 1 is 1.38 bits per heavy atom. The second kappa shape index (κ2) is 6.17. The second-order valence-corrected chi connectivity index (χ2v) is 4.85. The summed E-state index contributed by atoms with van der Waals surface area (Å²) < 4.78 is 31.3. The summed E-state index contributed by atoms with van der Waals surface area (Å²) >= 11 is 5.08. The lowest BCUT2D eigenvalue weighted by Crippen LogP contribution is -2.45. The number of rotatable bonds is 3. The van der Waals surface area contributed by atoms with Gasteiger partial charge in [-0.15, -0.1) is 0 Å². The number of carbonyl (C=O) groups is 1. The molecule has 0 amide bonds. The first-order valence-electron chi connectivity index (χ1n) is 6.31. The average Bonchev–Trinajstić information content (AvgIpc) is 2.48. The molecule has 21 heavy (non-hydrogen) atoms. The number of allylic oxidation sites excluding steroid dienone is 1. The molecule has 1 atom stereocenters. The number of esters is 1. The van der Waals surface area contributed by atoms with Crippen molar-refractivity contribution in [2.24, 2.45) is 0 Å². The molecule has 112 valence electrons. The summed E-state index contributed by atoms with van der Waals surface area (Å²) in [6.45, 7) is 1.85. The molecule has 7 heteroatoms. The van der Waals surface area contributed by atoms with Gasteiger partial charge in [0.25, 0.3) is 0 Å². The lowest BCUT2D eigenvalue weighted by Gasteiger charge is -2.30. The van der Waals surface area contributed by atoms with Crippen molar-refractivity contribution < 1.29 is 18.3 Å². The minimum atomic E-state index is -0.985. The zero-order valence-electron chi connectivity index (χ0n) is 11.5. The molecule has 0 fully saturated rings. The van der Waals surface area contributed by atoms with Gasteiger partial charge in [0.15, 0.2) is 16.7 Å². The molecule has 0 bridgehead atoms. The summed E-state index contributed by atoms with van der Waals surface area (Å²) in [5, 5.41) is 6.08. The predicted octanol–water partition coefficient (Wildman–Crippen LogP) is 2.32. The maximum atomic E-state index is 13.4. The smallest absolute Gasteiger partial charge is 0.337 e. The van der Waals surface area contributed by atoms with Crippen molar-refractivity contribution in [3.63, 3.8) is 0 Å². The van der Waals surface area contributed by atoms with Gasteiger partial charge in [-0.2, -0.15) is 0 Å². The molecule has 1 heterocycles. The quantitative estimate of drug-likeness (QED) is 0.663. The van der Waals surface area contributed by atoms with Gasteiger partial charge in [0.05, 0.1) is 18.7 Å². The van der Waals surface area contributed by atoms with Crippen LogP contribution < -0.4 is 10.6 Å². The summed E-state index contributed by atoms with van der Waals surface area (Å²) in [4.78, 5) is 12.0. The summed E-state index contributed by atoms with van der Waals surface area (Å²) in [5.74, 6) is -2.49. The number of thiocarbonyl (C=S) groups is 1. The van der Waals surface area contributed by atoms with E-state index in [-0.39, 0.29) is 0 Å². The van der Waals surface area contributed by atoms with Crippen molar-refractivity contribution in [1.29, 1.82) is 0 Å². The zero-order valence-corrected chi connectivity index (χ0v) is 12.3. The first-order chi connectivity index (χ1) is 9.97. The molecule has 2 N–H and O–H groups in total.